The highest BCUT2D eigenvalue weighted by atomic mass is 16.7. The summed E-state index contributed by atoms with van der Waals surface area (Å²) in [7, 11) is 1.27. The van der Waals surface area contributed by atoms with Crippen molar-refractivity contribution in [3.8, 4) is 16.9 Å². The molecule has 1 aliphatic heterocycles. The number of para-hydroxylation sites is 1. The summed E-state index contributed by atoms with van der Waals surface area (Å²) < 4.78 is 12.2. The fourth-order valence-corrected chi connectivity index (χ4v) is 5.46. The second kappa shape index (κ2) is 11.0. The molecule has 0 saturated heterocycles. The number of nitrogens with zero attached hydrogens (tertiary/aromatic N) is 3. The van der Waals surface area contributed by atoms with Gasteiger partial charge in [0.2, 0.25) is 0 Å². The lowest BCUT2D eigenvalue weighted by atomic mass is 10.0. The van der Waals surface area contributed by atoms with E-state index in [1.807, 2.05) is 55.5 Å². The Hall–Kier alpha value is -5.24. The maximum atomic E-state index is 13.2. The largest absolute Gasteiger partial charge is 0.513 e. The number of amides is 2. The van der Waals surface area contributed by atoms with E-state index in [0.717, 1.165) is 52.0 Å². The van der Waals surface area contributed by atoms with Crippen molar-refractivity contribution in [3.63, 3.8) is 0 Å². The molecule has 8 heteroatoms. The van der Waals surface area contributed by atoms with E-state index in [1.54, 1.807) is 36.4 Å². The Kier molecular flexibility index (Phi) is 7.04. The SMILES string of the molecule is CCCc1nc2c(C)cc(N3C(=O)c4ccccc4C3=O)cc2n1Cc1ccc(-c2ccccc2OC(=O)OC)cc1. The molecule has 210 valence electrons. The van der Waals surface area contributed by atoms with Crippen LogP contribution in [-0.4, -0.2) is 34.6 Å². The second-order valence-electron chi connectivity index (χ2n) is 10.2. The molecule has 0 bridgehead atoms. The number of hydrogen-bond donors (Lipinski definition) is 0. The molecule has 1 aromatic heterocycles. The van der Waals surface area contributed by atoms with Gasteiger partial charge in [-0.3, -0.25) is 9.59 Å². The zero-order valence-corrected chi connectivity index (χ0v) is 23.6. The fourth-order valence-electron chi connectivity index (χ4n) is 5.46. The van der Waals surface area contributed by atoms with Crippen LogP contribution in [0.2, 0.25) is 0 Å². The van der Waals surface area contributed by atoms with Crippen molar-refractivity contribution in [2.75, 3.05) is 12.0 Å². The standard InChI is InChI=1S/C34H29N3O5/c1-4-9-30-35-31-21(2)18-24(37-32(38)26-11-5-6-12-27(26)33(37)39)19-28(31)36(30)20-22-14-16-23(17-15-22)25-10-7-8-13-29(25)42-34(40)41-3/h5-8,10-19H,4,9,20H2,1-3H3. The number of imide groups is 1. The molecule has 0 fully saturated rings. The lowest BCUT2D eigenvalue weighted by Gasteiger charge is -2.16. The number of methoxy groups -OCH3 is 1. The first-order valence-electron chi connectivity index (χ1n) is 13.8. The zero-order valence-electron chi connectivity index (χ0n) is 23.6. The minimum absolute atomic E-state index is 0.318. The number of fused-ring (bicyclic) bond motifs is 2. The second-order valence-corrected chi connectivity index (χ2v) is 10.2. The van der Waals surface area contributed by atoms with Crippen LogP contribution in [0.4, 0.5) is 10.5 Å². The molecule has 2 heterocycles. The molecule has 0 N–H and O–H groups in total. The van der Waals surface area contributed by atoms with Gasteiger partial charge in [0.15, 0.2) is 0 Å². The van der Waals surface area contributed by atoms with Crippen LogP contribution in [0, 0.1) is 6.92 Å². The molecular formula is C34H29N3O5. The molecule has 6 rings (SSSR count). The number of aromatic nitrogens is 2. The van der Waals surface area contributed by atoms with E-state index < -0.39 is 6.16 Å². The molecular weight excluding hydrogens is 530 g/mol. The van der Waals surface area contributed by atoms with Crippen LogP contribution in [0.15, 0.2) is 84.9 Å². The number of ether oxygens (including phenoxy) is 2. The summed E-state index contributed by atoms with van der Waals surface area (Å²) >= 11 is 0. The maximum Gasteiger partial charge on any atom is 0.513 e. The Balaban J connectivity index is 1.36. The van der Waals surface area contributed by atoms with Crippen molar-refractivity contribution in [3.05, 3.63) is 113 Å². The monoisotopic (exact) mass is 559 g/mol. The molecule has 42 heavy (non-hydrogen) atoms. The van der Waals surface area contributed by atoms with Gasteiger partial charge in [-0.1, -0.05) is 61.5 Å². The number of carbonyl (C=O) groups is 3. The molecule has 1 aliphatic rings. The average molecular weight is 560 g/mol. The molecule has 5 aromatic rings. The summed E-state index contributed by atoms with van der Waals surface area (Å²) in [5.74, 6) is 0.720. The van der Waals surface area contributed by atoms with E-state index in [4.69, 9.17) is 9.72 Å². The van der Waals surface area contributed by atoms with Gasteiger partial charge in [-0.25, -0.2) is 14.7 Å². The predicted octanol–water partition coefficient (Wildman–Crippen LogP) is 6.96. The molecule has 0 atom stereocenters. The molecule has 0 aliphatic carbocycles. The topological polar surface area (TPSA) is 90.7 Å². The van der Waals surface area contributed by atoms with Crippen molar-refractivity contribution in [1.29, 1.82) is 0 Å². The number of benzene rings is 4. The molecule has 0 unspecified atom stereocenters. The van der Waals surface area contributed by atoms with Gasteiger partial charge < -0.3 is 14.0 Å². The summed E-state index contributed by atoms with van der Waals surface area (Å²) in [6.07, 6.45) is 0.932. The van der Waals surface area contributed by atoms with Crippen molar-refractivity contribution < 1.29 is 23.9 Å². The van der Waals surface area contributed by atoms with E-state index in [1.165, 1.54) is 12.0 Å². The van der Waals surface area contributed by atoms with Crippen LogP contribution >= 0.6 is 0 Å². The van der Waals surface area contributed by atoms with Crippen molar-refractivity contribution in [2.24, 2.45) is 0 Å². The van der Waals surface area contributed by atoms with Crippen molar-refractivity contribution >= 4 is 34.7 Å². The summed E-state index contributed by atoms with van der Waals surface area (Å²) in [6, 6.07) is 26.0. The Morgan fingerprint density at radius 3 is 2.14 bits per heavy atom. The van der Waals surface area contributed by atoms with Gasteiger partial charge in [0.25, 0.3) is 11.8 Å². The average Bonchev–Trinajstić information content (AvgIpc) is 3.47. The number of hydrogen-bond acceptors (Lipinski definition) is 6. The Bertz CT molecular complexity index is 1820. The smallest absolute Gasteiger partial charge is 0.437 e. The molecule has 8 nitrogen and oxygen atoms in total. The lowest BCUT2D eigenvalue weighted by Crippen LogP contribution is -2.29. The first-order valence-corrected chi connectivity index (χ1v) is 13.8. The van der Waals surface area contributed by atoms with Crippen molar-refractivity contribution in [2.45, 2.75) is 33.2 Å². The minimum Gasteiger partial charge on any atom is -0.437 e. The Labute approximate surface area is 243 Å². The van der Waals surface area contributed by atoms with Gasteiger partial charge in [-0.05, 0) is 60.4 Å². The van der Waals surface area contributed by atoms with Crippen LogP contribution in [-0.2, 0) is 17.7 Å². The highest BCUT2D eigenvalue weighted by molar-refractivity contribution is 6.34. The van der Waals surface area contributed by atoms with E-state index in [-0.39, 0.29) is 11.8 Å². The highest BCUT2D eigenvalue weighted by Gasteiger charge is 2.36. The maximum absolute atomic E-state index is 13.2. The number of imidazole rings is 1. The Morgan fingerprint density at radius 2 is 1.50 bits per heavy atom. The van der Waals surface area contributed by atoms with Gasteiger partial charge in [-0.15, -0.1) is 0 Å². The quantitative estimate of drug-likeness (QED) is 0.122. The molecule has 4 aromatic carbocycles. The fraction of sp³-hybridized carbons (Fsp3) is 0.176. The number of aryl methyl sites for hydroxylation is 2. The highest BCUT2D eigenvalue weighted by Crippen LogP contribution is 2.34. The zero-order chi connectivity index (χ0) is 29.4. The Morgan fingerprint density at radius 1 is 0.857 bits per heavy atom. The van der Waals surface area contributed by atoms with E-state index >= 15 is 0 Å². The van der Waals surface area contributed by atoms with Crippen LogP contribution in [0.25, 0.3) is 22.2 Å². The van der Waals surface area contributed by atoms with Crippen LogP contribution in [0.1, 0.15) is 51.0 Å². The predicted molar refractivity (Wildman–Crippen MR) is 160 cm³/mol. The van der Waals surface area contributed by atoms with Gasteiger partial charge in [0, 0.05) is 18.5 Å². The third-order valence-corrected chi connectivity index (χ3v) is 7.49. The first kappa shape index (κ1) is 27.0. The van der Waals surface area contributed by atoms with E-state index in [0.29, 0.717) is 29.1 Å². The molecule has 0 spiro atoms. The number of anilines is 1. The summed E-state index contributed by atoms with van der Waals surface area (Å²) in [5, 5.41) is 0. The molecule has 2 amide bonds. The first-order chi connectivity index (χ1) is 20.4. The minimum atomic E-state index is -0.773. The van der Waals surface area contributed by atoms with Crippen LogP contribution in [0.5, 0.6) is 5.75 Å². The van der Waals surface area contributed by atoms with Gasteiger partial charge in [0.1, 0.15) is 11.6 Å². The number of rotatable bonds is 7. The third-order valence-electron chi connectivity index (χ3n) is 7.49. The molecule has 0 saturated carbocycles. The lowest BCUT2D eigenvalue weighted by molar-refractivity contribution is 0.0925. The van der Waals surface area contributed by atoms with E-state index in [2.05, 4.69) is 16.2 Å². The van der Waals surface area contributed by atoms with Crippen LogP contribution < -0.4 is 9.64 Å². The number of carbonyl (C=O) groups excluding carboxylic acids is 3. The summed E-state index contributed by atoms with van der Waals surface area (Å²) in [4.78, 5) is 44.4. The van der Waals surface area contributed by atoms with Crippen LogP contribution in [0.3, 0.4) is 0 Å². The van der Waals surface area contributed by atoms with Crippen molar-refractivity contribution in [1.82, 2.24) is 9.55 Å². The van der Waals surface area contributed by atoms with E-state index in [9.17, 15) is 14.4 Å². The third kappa shape index (κ3) is 4.71. The van der Waals surface area contributed by atoms with Gasteiger partial charge >= 0.3 is 6.16 Å². The molecule has 0 radical (unpaired) electrons. The summed E-state index contributed by atoms with van der Waals surface area (Å²) in [6.45, 7) is 4.63. The van der Waals surface area contributed by atoms with Gasteiger partial charge in [0.05, 0.1) is 35.0 Å². The summed E-state index contributed by atoms with van der Waals surface area (Å²) in [5.41, 5.74) is 6.70. The van der Waals surface area contributed by atoms with Gasteiger partial charge in [-0.2, -0.15) is 0 Å². The normalized spacial score (nSPS) is 12.6.